The first kappa shape index (κ1) is 9.58. The topological polar surface area (TPSA) is 54.4 Å². The first-order chi connectivity index (χ1) is 7.34. The molecule has 0 aromatic carbocycles. The van der Waals surface area contributed by atoms with Gasteiger partial charge in [0.05, 0.1) is 5.71 Å². The van der Waals surface area contributed by atoms with Crippen LogP contribution in [0.15, 0.2) is 35.7 Å². The summed E-state index contributed by atoms with van der Waals surface area (Å²) in [6.45, 7) is 0. The zero-order valence-electron chi connectivity index (χ0n) is 8.18. The van der Waals surface area contributed by atoms with Gasteiger partial charge in [0.15, 0.2) is 0 Å². The van der Waals surface area contributed by atoms with Gasteiger partial charge in [0.1, 0.15) is 0 Å². The van der Waals surface area contributed by atoms with Crippen molar-refractivity contribution in [3.05, 3.63) is 36.2 Å². The highest BCUT2D eigenvalue weighted by Gasteiger charge is 2.08. The van der Waals surface area contributed by atoms with E-state index in [1.54, 1.807) is 12.4 Å². The van der Waals surface area contributed by atoms with Crippen LogP contribution in [0.4, 0.5) is 0 Å². The van der Waals surface area contributed by atoms with Crippen molar-refractivity contribution in [1.82, 2.24) is 10.4 Å². The minimum absolute atomic E-state index is 0.0199. The van der Waals surface area contributed by atoms with Crippen molar-refractivity contribution in [3.8, 4) is 0 Å². The number of carbonyl (C=O) groups is 1. The molecule has 0 aliphatic carbocycles. The van der Waals surface area contributed by atoms with Gasteiger partial charge in [-0.25, -0.2) is 5.43 Å². The third-order valence-corrected chi connectivity index (χ3v) is 2.08. The maximum atomic E-state index is 10.8. The Bertz CT molecular complexity index is 409. The molecule has 0 fully saturated rings. The summed E-state index contributed by atoms with van der Waals surface area (Å²) in [7, 11) is 0. The molecule has 0 spiro atoms. The molecule has 76 valence electrons. The van der Waals surface area contributed by atoms with E-state index in [0.29, 0.717) is 12.8 Å². The molecule has 1 aliphatic heterocycles. The monoisotopic (exact) mass is 201 g/mol. The molecule has 4 heteroatoms. The molecule has 0 unspecified atom stereocenters. The molecule has 0 atom stereocenters. The molecule has 1 aromatic rings. The van der Waals surface area contributed by atoms with Crippen molar-refractivity contribution < 1.29 is 4.79 Å². The molecule has 0 radical (unpaired) electrons. The maximum Gasteiger partial charge on any atom is 0.240 e. The number of hydrogen-bond acceptors (Lipinski definition) is 3. The smallest absolute Gasteiger partial charge is 0.240 e. The molecule has 2 heterocycles. The van der Waals surface area contributed by atoms with Crippen molar-refractivity contribution in [3.63, 3.8) is 0 Å². The number of hydrazone groups is 1. The summed E-state index contributed by atoms with van der Waals surface area (Å²) in [6.07, 6.45) is 8.55. The molecule has 2 rings (SSSR count). The summed E-state index contributed by atoms with van der Waals surface area (Å²) in [6, 6.07) is 3.84. The van der Waals surface area contributed by atoms with Gasteiger partial charge in [-0.15, -0.1) is 0 Å². The largest absolute Gasteiger partial charge is 0.273 e. The molecular weight excluding hydrogens is 190 g/mol. The first-order valence-corrected chi connectivity index (χ1v) is 4.78. The highest BCUT2D eigenvalue weighted by Crippen LogP contribution is 2.04. The van der Waals surface area contributed by atoms with Crippen molar-refractivity contribution in [2.45, 2.75) is 12.8 Å². The van der Waals surface area contributed by atoms with Crippen molar-refractivity contribution in [1.29, 1.82) is 0 Å². The van der Waals surface area contributed by atoms with E-state index >= 15 is 0 Å². The Morgan fingerprint density at radius 3 is 2.93 bits per heavy atom. The highest BCUT2D eigenvalue weighted by atomic mass is 16.2. The zero-order valence-corrected chi connectivity index (χ0v) is 8.18. The van der Waals surface area contributed by atoms with Crippen LogP contribution in [0.25, 0.3) is 6.08 Å². The average Bonchev–Trinajstić information content (AvgIpc) is 2.30. The lowest BCUT2D eigenvalue weighted by Gasteiger charge is -2.07. The Morgan fingerprint density at radius 1 is 1.33 bits per heavy atom. The average molecular weight is 201 g/mol. The van der Waals surface area contributed by atoms with E-state index in [1.807, 2.05) is 24.3 Å². The Kier molecular flexibility index (Phi) is 2.88. The Balaban J connectivity index is 2.03. The zero-order chi connectivity index (χ0) is 10.5. The van der Waals surface area contributed by atoms with Gasteiger partial charge in [-0.2, -0.15) is 5.10 Å². The van der Waals surface area contributed by atoms with Gasteiger partial charge < -0.3 is 0 Å². The summed E-state index contributed by atoms with van der Waals surface area (Å²) in [5, 5.41) is 3.94. The highest BCUT2D eigenvalue weighted by molar-refractivity contribution is 6.02. The Hall–Kier alpha value is -1.97. The van der Waals surface area contributed by atoms with Gasteiger partial charge in [0.25, 0.3) is 0 Å². The number of pyridine rings is 1. The number of rotatable bonds is 2. The molecule has 1 aromatic heterocycles. The third-order valence-electron chi connectivity index (χ3n) is 2.08. The van der Waals surface area contributed by atoms with Crippen LogP contribution in [0.1, 0.15) is 18.4 Å². The van der Waals surface area contributed by atoms with Crippen molar-refractivity contribution in [2.24, 2.45) is 5.10 Å². The molecule has 4 nitrogen and oxygen atoms in total. The fourth-order valence-electron chi connectivity index (χ4n) is 1.28. The molecule has 1 N–H and O–H groups in total. The van der Waals surface area contributed by atoms with E-state index in [0.717, 1.165) is 11.3 Å². The lowest BCUT2D eigenvalue weighted by molar-refractivity contribution is -0.121. The first-order valence-electron chi connectivity index (χ1n) is 4.78. The van der Waals surface area contributed by atoms with Crippen molar-refractivity contribution in [2.75, 3.05) is 0 Å². The number of carbonyl (C=O) groups excluding carboxylic acids is 1. The minimum atomic E-state index is -0.0199. The van der Waals surface area contributed by atoms with Gasteiger partial charge in [0.2, 0.25) is 5.91 Å². The predicted octanol–water partition coefficient (Wildman–Crippen LogP) is 1.36. The summed E-state index contributed by atoms with van der Waals surface area (Å²) in [5.74, 6) is -0.0199. The lowest BCUT2D eigenvalue weighted by Crippen LogP contribution is -2.24. The Morgan fingerprint density at radius 2 is 2.27 bits per heavy atom. The van der Waals surface area contributed by atoms with Gasteiger partial charge in [0, 0.05) is 25.2 Å². The fourth-order valence-corrected chi connectivity index (χ4v) is 1.28. The summed E-state index contributed by atoms with van der Waals surface area (Å²) in [5.41, 5.74) is 4.36. The van der Waals surface area contributed by atoms with Gasteiger partial charge in [-0.1, -0.05) is 12.1 Å². The molecular formula is C11H11N3O. The van der Waals surface area contributed by atoms with Crippen LogP contribution in [0.3, 0.4) is 0 Å². The number of hydrogen-bond donors (Lipinski definition) is 1. The molecule has 0 bridgehead atoms. The number of nitrogens with one attached hydrogen (secondary N) is 1. The van der Waals surface area contributed by atoms with E-state index in [-0.39, 0.29) is 5.91 Å². The van der Waals surface area contributed by atoms with E-state index < -0.39 is 0 Å². The van der Waals surface area contributed by atoms with Crippen LogP contribution >= 0.6 is 0 Å². The summed E-state index contributed by atoms with van der Waals surface area (Å²) in [4.78, 5) is 14.8. The number of amides is 1. The van der Waals surface area contributed by atoms with Crippen LogP contribution in [0.2, 0.25) is 0 Å². The number of aromatic nitrogens is 1. The quantitative estimate of drug-likeness (QED) is 0.785. The normalized spacial score (nSPS) is 16.3. The van der Waals surface area contributed by atoms with Crippen LogP contribution in [-0.4, -0.2) is 16.6 Å². The van der Waals surface area contributed by atoms with E-state index in [2.05, 4.69) is 15.5 Å². The predicted molar refractivity (Wildman–Crippen MR) is 58.1 cm³/mol. The second-order valence-corrected chi connectivity index (χ2v) is 3.26. The van der Waals surface area contributed by atoms with E-state index in [4.69, 9.17) is 0 Å². The number of allylic oxidation sites excluding steroid dienone is 1. The van der Waals surface area contributed by atoms with E-state index in [1.165, 1.54) is 0 Å². The van der Waals surface area contributed by atoms with Gasteiger partial charge in [-0.3, -0.25) is 9.78 Å². The SMILES string of the molecule is O=C1CCC(/C=C/c2cccnc2)=NN1. The summed E-state index contributed by atoms with van der Waals surface area (Å²) >= 11 is 0. The Labute approximate surface area is 87.7 Å². The van der Waals surface area contributed by atoms with Gasteiger partial charge in [-0.05, 0) is 17.7 Å². The molecule has 1 aliphatic rings. The summed E-state index contributed by atoms with van der Waals surface area (Å²) < 4.78 is 0. The van der Waals surface area contributed by atoms with Gasteiger partial charge >= 0.3 is 0 Å². The third kappa shape index (κ3) is 2.74. The molecule has 0 saturated heterocycles. The molecule has 15 heavy (non-hydrogen) atoms. The van der Waals surface area contributed by atoms with Crippen molar-refractivity contribution >= 4 is 17.7 Å². The molecule has 0 saturated carbocycles. The standard InChI is InChI=1S/C11H11N3O/c15-11-6-5-10(13-14-11)4-3-9-2-1-7-12-8-9/h1-4,7-8H,5-6H2,(H,14,15)/b4-3+. The minimum Gasteiger partial charge on any atom is -0.273 e. The number of nitrogens with zero attached hydrogens (tertiary/aromatic N) is 2. The second-order valence-electron chi connectivity index (χ2n) is 3.26. The van der Waals surface area contributed by atoms with Crippen LogP contribution in [-0.2, 0) is 4.79 Å². The fraction of sp³-hybridized carbons (Fsp3) is 0.182. The van der Waals surface area contributed by atoms with Crippen LogP contribution < -0.4 is 5.43 Å². The maximum absolute atomic E-state index is 10.8. The molecule has 1 amide bonds. The van der Waals surface area contributed by atoms with Crippen LogP contribution in [0.5, 0.6) is 0 Å². The second kappa shape index (κ2) is 4.50. The van der Waals surface area contributed by atoms with Crippen LogP contribution in [0, 0.1) is 0 Å². The van der Waals surface area contributed by atoms with E-state index in [9.17, 15) is 4.79 Å². The lowest BCUT2D eigenvalue weighted by atomic mass is 10.1.